The smallest absolute Gasteiger partial charge is 0.251 e. The van der Waals surface area contributed by atoms with E-state index < -0.39 is 0 Å². The predicted molar refractivity (Wildman–Crippen MR) is 101 cm³/mol. The Hall–Kier alpha value is -2.73. The zero-order valence-corrected chi connectivity index (χ0v) is 14.7. The van der Waals surface area contributed by atoms with Gasteiger partial charge in [0.2, 0.25) is 5.91 Å². The molecule has 0 fully saturated rings. The standard InChI is InChI=1S/C19H19N3O2S/c1-13-11-18(24)22-19(20-13)14-5-2-6-15(12-14)21-17(23)9-3-7-16-8-4-10-25-16/h2,4-6,8,10-12H,3,7,9H2,1H3,(H,21,23)(H,20,22,24). The molecule has 0 radical (unpaired) electrons. The molecule has 3 rings (SSSR count). The number of aromatic nitrogens is 2. The number of nitrogens with zero attached hydrogens (tertiary/aromatic N) is 1. The highest BCUT2D eigenvalue weighted by Crippen LogP contribution is 2.19. The Morgan fingerprint density at radius 3 is 2.88 bits per heavy atom. The number of benzene rings is 1. The average molecular weight is 353 g/mol. The van der Waals surface area contributed by atoms with Crippen molar-refractivity contribution in [3.8, 4) is 11.4 Å². The van der Waals surface area contributed by atoms with Gasteiger partial charge in [0.15, 0.2) is 0 Å². The van der Waals surface area contributed by atoms with Gasteiger partial charge in [-0.05, 0) is 43.3 Å². The highest BCUT2D eigenvalue weighted by atomic mass is 32.1. The second-order valence-electron chi connectivity index (χ2n) is 5.80. The van der Waals surface area contributed by atoms with Gasteiger partial charge in [-0.3, -0.25) is 9.59 Å². The highest BCUT2D eigenvalue weighted by Gasteiger charge is 2.06. The second-order valence-corrected chi connectivity index (χ2v) is 6.83. The summed E-state index contributed by atoms with van der Waals surface area (Å²) in [6, 6.07) is 12.9. The Morgan fingerprint density at radius 1 is 1.24 bits per heavy atom. The maximum absolute atomic E-state index is 12.1. The first-order valence-electron chi connectivity index (χ1n) is 8.11. The minimum Gasteiger partial charge on any atom is -0.326 e. The monoisotopic (exact) mass is 353 g/mol. The van der Waals surface area contributed by atoms with Crippen LogP contribution in [0, 0.1) is 6.92 Å². The summed E-state index contributed by atoms with van der Waals surface area (Å²) < 4.78 is 0. The average Bonchev–Trinajstić information content (AvgIpc) is 3.07. The maximum Gasteiger partial charge on any atom is 0.251 e. The van der Waals surface area contributed by atoms with Gasteiger partial charge >= 0.3 is 0 Å². The molecule has 1 amide bonds. The number of aromatic amines is 1. The predicted octanol–water partition coefficient (Wildman–Crippen LogP) is 3.77. The van der Waals surface area contributed by atoms with Crippen LogP contribution in [0.3, 0.4) is 0 Å². The third kappa shape index (κ3) is 4.87. The molecule has 0 aliphatic rings. The molecule has 5 nitrogen and oxygen atoms in total. The van der Waals surface area contributed by atoms with Crippen LogP contribution in [0.1, 0.15) is 23.4 Å². The molecule has 3 aromatic rings. The number of anilines is 1. The van der Waals surface area contributed by atoms with Crippen LogP contribution < -0.4 is 10.9 Å². The summed E-state index contributed by atoms with van der Waals surface area (Å²) in [4.78, 5) is 32.1. The maximum atomic E-state index is 12.1. The lowest BCUT2D eigenvalue weighted by molar-refractivity contribution is -0.116. The van der Waals surface area contributed by atoms with Gasteiger partial charge in [-0.15, -0.1) is 11.3 Å². The topological polar surface area (TPSA) is 74.8 Å². The van der Waals surface area contributed by atoms with E-state index in [2.05, 4.69) is 21.4 Å². The zero-order valence-electron chi connectivity index (χ0n) is 13.9. The lowest BCUT2D eigenvalue weighted by Gasteiger charge is -2.07. The van der Waals surface area contributed by atoms with Crippen LogP contribution in [0.2, 0.25) is 0 Å². The van der Waals surface area contributed by atoms with Crippen molar-refractivity contribution in [1.29, 1.82) is 0 Å². The number of carbonyl (C=O) groups excluding carboxylic acids is 1. The van der Waals surface area contributed by atoms with Crippen molar-refractivity contribution in [2.45, 2.75) is 26.2 Å². The van der Waals surface area contributed by atoms with Crippen LogP contribution in [0.5, 0.6) is 0 Å². The summed E-state index contributed by atoms with van der Waals surface area (Å²) in [5.74, 6) is 0.484. The molecule has 0 aliphatic carbocycles. The summed E-state index contributed by atoms with van der Waals surface area (Å²) >= 11 is 1.71. The Balaban J connectivity index is 1.63. The second kappa shape index (κ2) is 7.90. The summed E-state index contributed by atoms with van der Waals surface area (Å²) in [6.45, 7) is 1.78. The van der Waals surface area contributed by atoms with Gasteiger partial charge in [-0.2, -0.15) is 0 Å². The summed E-state index contributed by atoms with van der Waals surface area (Å²) in [5, 5.41) is 4.95. The zero-order chi connectivity index (χ0) is 17.6. The molecule has 0 atom stereocenters. The van der Waals surface area contributed by atoms with E-state index in [1.807, 2.05) is 35.7 Å². The molecule has 6 heteroatoms. The largest absolute Gasteiger partial charge is 0.326 e. The van der Waals surface area contributed by atoms with Crippen LogP contribution in [0.15, 0.2) is 52.6 Å². The molecular weight excluding hydrogens is 334 g/mol. The molecule has 1 aromatic carbocycles. The van der Waals surface area contributed by atoms with Crippen LogP contribution in [-0.4, -0.2) is 15.9 Å². The van der Waals surface area contributed by atoms with Crippen LogP contribution >= 0.6 is 11.3 Å². The van der Waals surface area contributed by atoms with E-state index in [1.54, 1.807) is 18.3 Å². The van der Waals surface area contributed by atoms with E-state index in [0.29, 0.717) is 23.6 Å². The Kier molecular flexibility index (Phi) is 5.40. The lowest BCUT2D eigenvalue weighted by atomic mass is 10.1. The molecule has 0 unspecified atom stereocenters. The molecule has 0 spiro atoms. The van der Waals surface area contributed by atoms with Crippen molar-refractivity contribution in [1.82, 2.24) is 9.97 Å². The minimum absolute atomic E-state index is 0.0144. The first-order chi connectivity index (χ1) is 12.1. The number of rotatable bonds is 6. The molecule has 0 saturated carbocycles. The Labute approximate surface area is 149 Å². The molecule has 2 heterocycles. The number of H-pyrrole nitrogens is 1. The Morgan fingerprint density at radius 2 is 2.12 bits per heavy atom. The van der Waals surface area contributed by atoms with Gasteiger partial charge in [0.25, 0.3) is 5.56 Å². The van der Waals surface area contributed by atoms with E-state index in [4.69, 9.17) is 0 Å². The minimum atomic E-state index is -0.189. The third-order valence-electron chi connectivity index (χ3n) is 3.70. The van der Waals surface area contributed by atoms with Crippen molar-refractivity contribution in [2.24, 2.45) is 0 Å². The molecule has 25 heavy (non-hydrogen) atoms. The molecular formula is C19H19N3O2S. The number of nitrogens with one attached hydrogen (secondary N) is 2. The number of amides is 1. The number of hydrogen-bond acceptors (Lipinski definition) is 4. The van der Waals surface area contributed by atoms with Gasteiger partial charge in [-0.1, -0.05) is 18.2 Å². The van der Waals surface area contributed by atoms with Crippen molar-refractivity contribution >= 4 is 22.9 Å². The summed E-state index contributed by atoms with van der Waals surface area (Å²) in [6.07, 6.45) is 2.21. The van der Waals surface area contributed by atoms with E-state index in [-0.39, 0.29) is 11.5 Å². The molecule has 128 valence electrons. The number of thiophene rings is 1. The van der Waals surface area contributed by atoms with E-state index in [1.165, 1.54) is 10.9 Å². The van der Waals surface area contributed by atoms with Crippen molar-refractivity contribution < 1.29 is 4.79 Å². The highest BCUT2D eigenvalue weighted by molar-refractivity contribution is 7.09. The van der Waals surface area contributed by atoms with Gasteiger partial charge in [0, 0.05) is 34.3 Å². The first kappa shape index (κ1) is 17.1. The molecule has 2 N–H and O–H groups in total. The van der Waals surface area contributed by atoms with Gasteiger partial charge in [0.1, 0.15) is 5.82 Å². The van der Waals surface area contributed by atoms with Crippen LogP contribution in [0.25, 0.3) is 11.4 Å². The summed E-state index contributed by atoms with van der Waals surface area (Å²) in [5.41, 5.74) is 1.92. The van der Waals surface area contributed by atoms with Gasteiger partial charge in [-0.25, -0.2) is 4.98 Å². The van der Waals surface area contributed by atoms with Crippen molar-refractivity contribution in [2.75, 3.05) is 5.32 Å². The molecule has 0 bridgehead atoms. The fourth-order valence-electron chi connectivity index (χ4n) is 2.56. The number of carbonyl (C=O) groups is 1. The fourth-order valence-corrected chi connectivity index (χ4v) is 3.31. The third-order valence-corrected chi connectivity index (χ3v) is 4.63. The van der Waals surface area contributed by atoms with Crippen LogP contribution in [0.4, 0.5) is 5.69 Å². The lowest BCUT2D eigenvalue weighted by Crippen LogP contribution is -2.12. The van der Waals surface area contributed by atoms with Crippen molar-refractivity contribution in [3.05, 3.63) is 68.8 Å². The normalized spacial score (nSPS) is 10.6. The van der Waals surface area contributed by atoms with E-state index >= 15 is 0 Å². The molecule has 2 aromatic heterocycles. The first-order valence-corrected chi connectivity index (χ1v) is 8.99. The quantitative estimate of drug-likeness (QED) is 0.708. The summed E-state index contributed by atoms with van der Waals surface area (Å²) in [7, 11) is 0. The molecule has 0 saturated heterocycles. The molecule has 0 aliphatic heterocycles. The van der Waals surface area contributed by atoms with E-state index in [9.17, 15) is 9.59 Å². The van der Waals surface area contributed by atoms with E-state index in [0.717, 1.165) is 18.4 Å². The fraction of sp³-hybridized carbons (Fsp3) is 0.211. The van der Waals surface area contributed by atoms with Gasteiger partial charge < -0.3 is 10.3 Å². The number of hydrogen-bond donors (Lipinski definition) is 2. The number of aryl methyl sites for hydroxylation is 2. The SMILES string of the molecule is Cc1cc(=O)[nH]c(-c2cccc(NC(=O)CCCc3cccs3)c2)n1. The van der Waals surface area contributed by atoms with Crippen molar-refractivity contribution in [3.63, 3.8) is 0 Å². The van der Waals surface area contributed by atoms with Crippen LogP contribution in [-0.2, 0) is 11.2 Å². The Bertz CT molecular complexity index is 916. The van der Waals surface area contributed by atoms with Gasteiger partial charge in [0.05, 0.1) is 0 Å².